The molecule has 0 spiro atoms. The summed E-state index contributed by atoms with van der Waals surface area (Å²) in [6.07, 6.45) is 0. The van der Waals surface area contributed by atoms with Crippen LogP contribution in [0.3, 0.4) is 0 Å². The molecule has 2 aromatic rings. The van der Waals surface area contributed by atoms with Crippen LogP contribution in [-0.4, -0.2) is 84.9 Å². The molecule has 0 unspecified atom stereocenters. The number of hydrogen-bond donors (Lipinski definition) is 0. The van der Waals surface area contributed by atoms with Gasteiger partial charge in [-0.05, 0) is 31.0 Å². The predicted octanol–water partition coefficient (Wildman–Crippen LogP) is 1.13. The second-order valence-corrected chi connectivity index (χ2v) is 9.69. The normalized spacial score (nSPS) is 19.8. The van der Waals surface area contributed by atoms with Gasteiger partial charge in [-0.1, -0.05) is 12.1 Å². The van der Waals surface area contributed by atoms with Gasteiger partial charge >= 0.3 is 0 Å². The van der Waals surface area contributed by atoms with Gasteiger partial charge < -0.3 is 14.2 Å². The average Bonchev–Trinajstić information content (AvgIpc) is 3.09. The first kappa shape index (κ1) is 20.3. The highest BCUT2D eigenvalue weighted by Gasteiger charge is 2.34. The molecule has 3 heterocycles. The summed E-state index contributed by atoms with van der Waals surface area (Å²) >= 11 is 0. The monoisotopic (exact) mass is 420 g/mol. The molecule has 4 rings (SSSR count). The Balaban J connectivity index is 1.50. The number of fused-ring (bicyclic) bond motifs is 1. The zero-order chi connectivity index (χ0) is 20.8. The maximum atomic E-state index is 13.2. The average molecular weight is 421 g/mol. The molecule has 2 aliphatic rings. The van der Waals surface area contributed by atoms with E-state index in [1.807, 2.05) is 31.5 Å². The lowest BCUT2D eigenvalue weighted by molar-refractivity contribution is 0.0631. The van der Waals surface area contributed by atoms with Gasteiger partial charge in [-0.25, -0.2) is 0 Å². The number of morpholine rings is 1. The van der Waals surface area contributed by atoms with Gasteiger partial charge in [0.25, 0.3) is 16.1 Å². The van der Waals surface area contributed by atoms with Crippen molar-refractivity contribution in [3.05, 3.63) is 35.0 Å². The lowest BCUT2D eigenvalue weighted by atomic mass is 10.1. The van der Waals surface area contributed by atoms with Crippen molar-refractivity contribution in [2.45, 2.75) is 13.8 Å². The van der Waals surface area contributed by atoms with Crippen molar-refractivity contribution in [1.29, 1.82) is 0 Å². The van der Waals surface area contributed by atoms with Crippen LogP contribution in [0.15, 0.2) is 18.2 Å². The van der Waals surface area contributed by atoms with Gasteiger partial charge in [0.05, 0.1) is 18.7 Å². The lowest BCUT2D eigenvalue weighted by Gasteiger charge is -2.37. The van der Waals surface area contributed by atoms with Crippen molar-refractivity contribution in [2.75, 3.05) is 52.5 Å². The number of hydrogen-bond acceptors (Lipinski definition) is 4. The highest BCUT2D eigenvalue weighted by molar-refractivity contribution is 7.86. The Hall–Kier alpha value is -1.94. The molecule has 2 aliphatic heterocycles. The first-order chi connectivity index (χ1) is 13.8. The number of amides is 1. The van der Waals surface area contributed by atoms with Gasteiger partial charge in [-0.15, -0.1) is 0 Å². The first-order valence-corrected chi connectivity index (χ1v) is 11.4. The Morgan fingerprint density at radius 2 is 1.52 bits per heavy atom. The summed E-state index contributed by atoms with van der Waals surface area (Å²) in [6, 6.07) is 6.10. The maximum Gasteiger partial charge on any atom is 0.282 e. The minimum Gasteiger partial charge on any atom is -0.379 e. The lowest BCUT2D eigenvalue weighted by Crippen LogP contribution is -2.55. The molecule has 0 aliphatic carbocycles. The molecule has 29 heavy (non-hydrogen) atoms. The molecule has 2 fully saturated rings. The fourth-order valence-corrected chi connectivity index (χ4v) is 5.79. The Kier molecular flexibility index (Phi) is 5.41. The van der Waals surface area contributed by atoms with E-state index in [0.717, 1.165) is 22.0 Å². The molecule has 8 nitrogen and oxygen atoms in total. The van der Waals surface area contributed by atoms with E-state index in [9.17, 15) is 13.2 Å². The topological polar surface area (TPSA) is 75.1 Å². The van der Waals surface area contributed by atoms with Gasteiger partial charge in [0.1, 0.15) is 5.69 Å². The van der Waals surface area contributed by atoms with Crippen molar-refractivity contribution in [3.63, 3.8) is 0 Å². The van der Waals surface area contributed by atoms with Gasteiger partial charge in [-0.2, -0.15) is 17.0 Å². The van der Waals surface area contributed by atoms with Crippen molar-refractivity contribution >= 4 is 27.0 Å². The van der Waals surface area contributed by atoms with Crippen LogP contribution in [0.4, 0.5) is 0 Å². The van der Waals surface area contributed by atoms with Crippen molar-refractivity contribution in [2.24, 2.45) is 7.05 Å². The fraction of sp³-hybridized carbons (Fsp3) is 0.550. The van der Waals surface area contributed by atoms with Gasteiger partial charge in [-0.3, -0.25) is 4.79 Å². The number of carbonyl (C=O) groups excluding carboxylic acids is 1. The summed E-state index contributed by atoms with van der Waals surface area (Å²) in [5.41, 5.74) is 3.99. The van der Waals surface area contributed by atoms with E-state index in [1.165, 1.54) is 8.61 Å². The predicted molar refractivity (Wildman–Crippen MR) is 111 cm³/mol. The molecule has 1 aromatic carbocycles. The third-order valence-electron chi connectivity index (χ3n) is 5.98. The Morgan fingerprint density at radius 3 is 2.14 bits per heavy atom. The molecule has 0 N–H and O–H groups in total. The number of benzene rings is 1. The Labute approximate surface area is 171 Å². The number of ether oxygens (including phenoxy) is 1. The second kappa shape index (κ2) is 7.71. The van der Waals surface area contributed by atoms with E-state index < -0.39 is 10.2 Å². The van der Waals surface area contributed by atoms with Crippen molar-refractivity contribution in [1.82, 2.24) is 18.1 Å². The van der Waals surface area contributed by atoms with Crippen LogP contribution in [-0.2, 0) is 22.0 Å². The molecule has 0 saturated carbocycles. The van der Waals surface area contributed by atoms with Crippen LogP contribution in [0.25, 0.3) is 10.9 Å². The van der Waals surface area contributed by atoms with Crippen LogP contribution in [0.5, 0.6) is 0 Å². The van der Waals surface area contributed by atoms with Crippen LogP contribution in [0.1, 0.15) is 21.6 Å². The SMILES string of the molecule is Cc1ccc(C)c2c1cc(C(=O)N1CCN(S(=O)(=O)N3CCOCC3)CC1)n2C. The number of aryl methyl sites for hydroxylation is 3. The summed E-state index contributed by atoms with van der Waals surface area (Å²) in [6.45, 7) is 7.13. The largest absolute Gasteiger partial charge is 0.379 e. The van der Waals surface area contributed by atoms with E-state index in [0.29, 0.717) is 58.2 Å². The van der Waals surface area contributed by atoms with Crippen LogP contribution in [0, 0.1) is 13.8 Å². The van der Waals surface area contributed by atoms with Crippen molar-refractivity contribution < 1.29 is 17.9 Å². The molecule has 9 heteroatoms. The summed E-state index contributed by atoms with van der Waals surface area (Å²) in [5, 5.41) is 1.09. The van der Waals surface area contributed by atoms with Gasteiger partial charge in [0.15, 0.2) is 0 Å². The maximum absolute atomic E-state index is 13.2. The van der Waals surface area contributed by atoms with Crippen LogP contribution < -0.4 is 0 Å². The smallest absolute Gasteiger partial charge is 0.282 e. The first-order valence-electron chi connectivity index (χ1n) is 9.98. The summed E-state index contributed by atoms with van der Waals surface area (Å²) in [7, 11) is -1.58. The molecule has 0 atom stereocenters. The number of rotatable bonds is 3. The minimum atomic E-state index is -3.50. The summed E-state index contributed by atoms with van der Waals surface area (Å²) < 4.78 is 35.8. The Morgan fingerprint density at radius 1 is 0.931 bits per heavy atom. The van der Waals surface area contributed by atoms with Crippen LogP contribution >= 0.6 is 0 Å². The number of carbonyl (C=O) groups is 1. The minimum absolute atomic E-state index is 0.0501. The Bertz CT molecular complexity index is 1030. The highest BCUT2D eigenvalue weighted by Crippen LogP contribution is 2.26. The summed E-state index contributed by atoms with van der Waals surface area (Å²) in [4.78, 5) is 14.9. The van der Waals surface area contributed by atoms with Gasteiger partial charge in [0, 0.05) is 51.7 Å². The second-order valence-electron chi connectivity index (χ2n) is 7.76. The molecule has 1 aromatic heterocycles. The number of nitrogens with zero attached hydrogens (tertiary/aromatic N) is 4. The molecular weight excluding hydrogens is 392 g/mol. The molecular formula is C20H28N4O4S. The van der Waals surface area contributed by atoms with E-state index in [-0.39, 0.29) is 5.91 Å². The zero-order valence-corrected chi connectivity index (χ0v) is 18.0. The number of aromatic nitrogens is 1. The van der Waals surface area contributed by atoms with E-state index in [1.54, 1.807) is 4.90 Å². The molecule has 0 radical (unpaired) electrons. The molecule has 1 amide bonds. The van der Waals surface area contributed by atoms with E-state index in [4.69, 9.17) is 4.74 Å². The third-order valence-corrected chi connectivity index (χ3v) is 8.02. The molecule has 0 bridgehead atoms. The van der Waals surface area contributed by atoms with E-state index >= 15 is 0 Å². The van der Waals surface area contributed by atoms with Crippen LogP contribution in [0.2, 0.25) is 0 Å². The quantitative estimate of drug-likeness (QED) is 0.746. The van der Waals surface area contributed by atoms with E-state index in [2.05, 4.69) is 12.1 Å². The number of piperazine rings is 1. The standard InChI is InChI=1S/C20H28N4O4S/c1-15-4-5-16(2)19-17(15)14-18(21(19)3)20(25)22-6-8-23(9-7-22)29(26,27)24-10-12-28-13-11-24/h4-5,14H,6-13H2,1-3H3. The van der Waals surface area contributed by atoms with Crippen molar-refractivity contribution in [3.8, 4) is 0 Å². The fourth-order valence-electron chi connectivity index (χ4n) is 4.23. The van der Waals surface area contributed by atoms with Gasteiger partial charge in [0.2, 0.25) is 0 Å². The molecule has 2 saturated heterocycles. The molecule has 158 valence electrons. The summed E-state index contributed by atoms with van der Waals surface area (Å²) in [5.74, 6) is -0.0501. The highest BCUT2D eigenvalue weighted by atomic mass is 32.2. The third kappa shape index (κ3) is 3.56. The zero-order valence-electron chi connectivity index (χ0n) is 17.2.